The number of carbonyl (C=O) groups excluding carboxylic acids is 1. The standard InChI is InChI=1S/C26H28ClN5O2S/c1-17-14-31(15-18(2)34-17)23(33)11-6-12-35-26-28-25-24(29-30-26)21-9-3-4-10-22(21)32(25)16-19-7-5-8-20(27)13-19/h3-5,7-10,13,17-18H,6,11-12,14-16H2,1-2H3. The first-order chi connectivity index (χ1) is 17.0. The molecular formula is C26H28ClN5O2S. The van der Waals surface area contributed by atoms with Crippen molar-refractivity contribution in [2.24, 2.45) is 0 Å². The van der Waals surface area contributed by atoms with E-state index in [1.54, 1.807) is 0 Å². The van der Waals surface area contributed by atoms with E-state index in [4.69, 9.17) is 21.3 Å². The first-order valence-corrected chi connectivity index (χ1v) is 13.3. The molecule has 1 fully saturated rings. The van der Waals surface area contributed by atoms with Gasteiger partial charge in [-0.2, -0.15) is 0 Å². The molecule has 2 aromatic heterocycles. The Morgan fingerprint density at radius 3 is 2.71 bits per heavy atom. The largest absolute Gasteiger partial charge is 0.372 e. The van der Waals surface area contributed by atoms with Crippen LogP contribution in [-0.2, 0) is 16.1 Å². The van der Waals surface area contributed by atoms with Crippen LogP contribution in [0.1, 0.15) is 32.3 Å². The van der Waals surface area contributed by atoms with Crippen LogP contribution in [0.2, 0.25) is 5.02 Å². The maximum Gasteiger partial charge on any atom is 0.222 e. The van der Waals surface area contributed by atoms with E-state index in [1.807, 2.05) is 55.1 Å². The van der Waals surface area contributed by atoms with Crippen LogP contribution in [-0.4, -0.2) is 61.6 Å². The van der Waals surface area contributed by atoms with Gasteiger partial charge in [-0.15, -0.1) is 10.2 Å². The number of morpholine rings is 1. The highest BCUT2D eigenvalue weighted by molar-refractivity contribution is 7.99. The van der Waals surface area contributed by atoms with Crippen molar-refractivity contribution in [3.05, 3.63) is 59.1 Å². The highest BCUT2D eigenvalue weighted by atomic mass is 35.5. The molecule has 0 bridgehead atoms. The van der Waals surface area contributed by atoms with Gasteiger partial charge in [-0.1, -0.05) is 53.7 Å². The molecule has 1 aliphatic heterocycles. The molecule has 4 aromatic rings. The minimum absolute atomic E-state index is 0.0851. The number of aromatic nitrogens is 4. The molecule has 2 aromatic carbocycles. The molecule has 0 aliphatic carbocycles. The molecule has 35 heavy (non-hydrogen) atoms. The van der Waals surface area contributed by atoms with E-state index in [0.717, 1.165) is 39.8 Å². The molecule has 9 heteroatoms. The Labute approximate surface area is 213 Å². The molecule has 0 radical (unpaired) electrons. The zero-order valence-electron chi connectivity index (χ0n) is 19.9. The number of halogens is 1. The Morgan fingerprint density at radius 2 is 1.91 bits per heavy atom. The lowest BCUT2D eigenvalue weighted by Crippen LogP contribution is -2.48. The minimum atomic E-state index is 0.0851. The highest BCUT2D eigenvalue weighted by Crippen LogP contribution is 2.28. The van der Waals surface area contributed by atoms with Gasteiger partial charge in [-0.05, 0) is 44.0 Å². The second kappa shape index (κ2) is 10.5. The number of thioether (sulfide) groups is 1. The van der Waals surface area contributed by atoms with Crippen molar-refractivity contribution in [3.8, 4) is 0 Å². The Kier molecular flexibility index (Phi) is 7.22. The maximum absolute atomic E-state index is 12.6. The van der Waals surface area contributed by atoms with Gasteiger partial charge in [0.2, 0.25) is 11.1 Å². The van der Waals surface area contributed by atoms with Crippen molar-refractivity contribution in [1.82, 2.24) is 24.6 Å². The Hall–Kier alpha value is -2.68. The smallest absolute Gasteiger partial charge is 0.222 e. The van der Waals surface area contributed by atoms with Crippen molar-refractivity contribution in [2.75, 3.05) is 18.8 Å². The zero-order chi connectivity index (χ0) is 24.4. The monoisotopic (exact) mass is 509 g/mol. The summed E-state index contributed by atoms with van der Waals surface area (Å²) in [5, 5.41) is 11.3. The molecular weight excluding hydrogens is 482 g/mol. The molecule has 182 valence electrons. The average Bonchev–Trinajstić information content (AvgIpc) is 3.14. The van der Waals surface area contributed by atoms with Gasteiger partial charge in [0.05, 0.1) is 17.7 Å². The van der Waals surface area contributed by atoms with Crippen LogP contribution in [0.4, 0.5) is 0 Å². The van der Waals surface area contributed by atoms with Crippen molar-refractivity contribution >= 4 is 51.3 Å². The second-order valence-corrected chi connectivity index (χ2v) is 10.5. The number of fused-ring (bicyclic) bond motifs is 3. The zero-order valence-corrected chi connectivity index (χ0v) is 21.4. The highest BCUT2D eigenvalue weighted by Gasteiger charge is 2.25. The van der Waals surface area contributed by atoms with Gasteiger partial charge in [0.1, 0.15) is 5.52 Å². The van der Waals surface area contributed by atoms with Gasteiger partial charge in [-0.25, -0.2) is 4.98 Å². The number of hydrogen-bond acceptors (Lipinski definition) is 6. The maximum atomic E-state index is 12.6. The molecule has 0 N–H and O–H groups in total. The first kappa shape index (κ1) is 24.0. The third kappa shape index (κ3) is 5.44. The molecule has 0 saturated carbocycles. The van der Waals surface area contributed by atoms with E-state index in [9.17, 15) is 4.79 Å². The lowest BCUT2D eigenvalue weighted by Gasteiger charge is -2.35. The molecule has 0 spiro atoms. The Balaban J connectivity index is 1.30. The molecule has 5 rings (SSSR count). The summed E-state index contributed by atoms with van der Waals surface area (Å²) in [4.78, 5) is 19.4. The summed E-state index contributed by atoms with van der Waals surface area (Å²) in [5.74, 6) is 0.937. The summed E-state index contributed by atoms with van der Waals surface area (Å²) in [6.07, 6.45) is 1.44. The normalized spacial score (nSPS) is 18.4. The fraction of sp³-hybridized carbons (Fsp3) is 0.385. The number of hydrogen-bond donors (Lipinski definition) is 0. The van der Waals surface area contributed by atoms with Gasteiger partial charge in [0.15, 0.2) is 5.65 Å². The van der Waals surface area contributed by atoms with Crippen molar-refractivity contribution in [2.45, 2.75) is 50.6 Å². The Bertz CT molecular complexity index is 1350. The van der Waals surface area contributed by atoms with E-state index in [0.29, 0.717) is 36.2 Å². The van der Waals surface area contributed by atoms with Crippen LogP contribution >= 0.6 is 23.4 Å². The fourth-order valence-corrected chi connectivity index (χ4v) is 5.59. The predicted molar refractivity (Wildman–Crippen MR) is 140 cm³/mol. The van der Waals surface area contributed by atoms with Crippen LogP contribution in [0.3, 0.4) is 0 Å². The number of amides is 1. The van der Waals surface area contributed by atoms with Gasteiger partial charge in [0, 0.05) is 42.2 Å². The molecule has 1 aliphatic rings. The lowest BCUT2D eigenvalue weighted by molar-refractivity contribution is -0.143. The van der Waals surface area contributed by atoms with Crippen LogP contribution < -0.4 is 0 Å². The minimum Gasteiger partial charge on any atom is -0.372 e. The molecule has 2 atom stereocenters. The molecule has 2 unspecified atom stereocenters. The topological polar surface area (TPSA) is 73.1 Å². The lowest BCUT2D eigenvalue weighted by atomic mass is 10.2. The van der Waals surface area contributed by atoms with Crippen molar-refractivity contribution in [3.63, 3.8) is 0 Å². The summed E-state index contributed by atoms with van der Waals surface area (Å²) >= 11 is 7.76. The summed E-state index contributed by atoms with van der Waals surface area (Å²) in [6.45, 7) is 5.99. The van der Waals surface area contributed by atoms with Crippen LogP contribution in [0.25, 0.3) is 22.1 Å². The predicted octanol–water partition coefficient (Wildman–Crippen LogP) is 5.19. The van der Waals surface area contributed by atoms with Crippen LogP contribution in [0, 0.1) is 0 Å². The van der Waals surface area contributed by atoms with Crippen molar-refractivity contribution in [1.29, 1.82) is 0 Å². The number of para-hydroxylation sites is 1. The Morgan fingerprint density at radius 1 is 1.11 bits per heavy atom. The van der Waals surface area contributed by atoms with Gasteiger partial charge >= 0.3 is 0 Å². The van der Waals surface area contributed by atoms with E-state index in [1.165, 1.54) is 11.8 Å². The van der Waals surface area contributed by atoms with Crippen LogP contribution in [0.15, 0.2) is 53.7 Å². The number of benzene rings is 2. The fourth-order valence-electron chi connectivity index (χ4n) is 4.65. The van der Waals surface area contributed by atoms with E-state index in [-0.39, 0.29) is 18.1 Å². The third-order valence-corrected chi connectivity index (χ3v) is 7.28. The molecule has 7 nitrogen and oxygen atoms in total. The first-order valence-electron chi connectivity index (χ1n) is 11.9. The number of carbonyl (C=O) groups is 1. The quantitative estimate of drug-likeness (QED) is 0.252. The van der Waals surface area contributed by atoms with E-state index in [2.05, 4.69) is 26.9 Å². The number of nitrogens with zero attached hydrogens (tertiary/aromatic N) is 5. The van der Waals surface area contributed by atoms with Gasteiger partial charge in [-0.3, -0.25) is 4.79 Å². The van der Waals surface area contributed by atoms with Gasteiger partial charge < -0.3 is 14.2 Å². The number of rotatable bonds is 7. The third-order valence-electron chi connectivity index (χ3n) is 6.12. The van der Waals surface area contributed by atoms with Gasteiger partial charge in [0.25, 0.3) is 0 Å². The molecule has 3 heterocycles. The second-order valence-electron chi connectivity index (χ2n) is 9.01. The summed E-state index contributed by atoms with van der Waals surface area (Å²) < 4.78 is 7.90. The summed E-state index contributed by atoms with van der Waals surface area (Å²) in [6, 6.07) is 16.0. The van der Waals surface area contributed by atoms with Crippen molar-refractivity contribution < 1.29 is 9.53 Å². The number of ether oxygens (including phenoxy) is 1. The van der Waals surface area contributed by atoms with E-state index >= 15 is 0 Å². The summed E-state index contributed by atoms with van der Waals surface area (Å²) in [7, 11) is 0. The van der Waals surface area contributed by atoms with Crippen LogP contribution in [0.5, 0.6) is 0 Å². The SMILES string of the molecule is CC1CN(C(=O)CCCSc2nnc3c4ccccc4n(Cc4cccc(Cl)c4)c3n2)CC(C)O1. The average molecular weight is 510 g/mol. The summed E-state index contributed by atoms with van der Waals surface area (Å²) in [5.41, 5.74) is 3.75. The van der Waals surface area contributed by atoms with E-state index < -0.39 is 0 Å². The molecule has 1 amide bonds. The molecule has 1 saturated heterocycles.